The largest absolute Gasteiger partial charge is 0.323 e. The maximum absolute atomic E-state index is 12.9. The van der Waals surface area contributed by atoms with Gasteiger partial charge >= 0.3 is 0 Å². The lowest BCUT2D eigenvalue weighted by atomic mass is 10.3. The van der Waals surface area contributed by atoms with Gasteiger partial charge in [0, 0.05) is 6.04 Å². The highest BCUT2D eigenvalue weighted by Gasteiger charge is 2.06. The Morgan fingerprint density at radius 3 is 2.87 bits per heavy atom. The first-order valence-electron chi connectivity index (χ1n) is 4.60. The fourth-order valence-electron chi connectivity index (χ4n) is 1.23. The fourth-order valence-corrected chi connectivity index (χ4v) is 1.23. The van der Waals surface area contributed by atoms with E-state index in [1.165, 1.54) is 16.8 Å². The van der Waals surface area contributed by atoms with Gasteiger partial charge in [-0.15, -0.1) is 5.10 Å². The van der Waals surface area contributed by atoms with Crippen LogP contribution in [0.5, 0.6) is 0 Å². The summed E-state index contributed by atoms with van der Waals surface area (Å²) in [5.41, 5.74) is 6.96. The Morgan fingerprint density at radius 1 is 1.47 bits per heavy atom. The quantitative estimate of drug-likeness (QED) is 0.808. The van der Waals surface area contributed by atoms with Gasteiger partial charge in [-0.2, -0.15) is 0 Å². The number of benzene rings is 1. The summed E-state index contributed by atoms with van der Waals surface area (Å²) in [5.74, 6) is -0.301. The molecule has 0 amide bonds. The third-order valence-corrected chi connectivity index (χ3v) is 2.05. The zero-order chi connectivity index (χ0) is 10.8. The molecule has 2 aromatic rings. The van der Waals surface area contributed by atoms with Gasteiger partial charge in [-0.1, -0.05) is 11.3 Å². The predicted octanol–water partition coefficient (Wildman–Crippen LogP) is 1.43. The molecule has 4 nitrogen and oxygen atoms in total. The van der Waals surface area contributed by atoms with Gasteiger partial charge in [-0.05, 0) is 25.1 Å². The molecule has 0 aliphatic rings. The van der Waals surface area contributed by atoms with Crippen LogP contribution in [0.25, 0.3) is 5.69 Å². The second-order valence-electron chi connectivity index (χ2n) is 3.36. The molecular formula is C10H11FN4. The minimum absolute atomic E-state index is 0.174. The molecule has 1 aromatic carbocycles. The summed E-state index contributed by atoms with van der Waals surface area (Å²) in [5, 5.41) is 7.76. The third kappa shape index (κ3) is 2.02. The van der Waals surface area contributed by atoms with Crippen LogP contribution < -0.4 is 5.73 Å². The number of hydrogen-bond donors (Lipinski definition) is 1. The van der Waals surface area contributed by atoms with Crippen LogP contribution >= 0.6 is 0 Å². The first-order chi connectivity index (χ1) is 7.16. The molecule has 0 bridgehead atoms. The Kier molecular flexibility index (Phi) is 2.47. The number of hydrogen-bond acceptors (Lipinski definition) is 3. The molecule has 0 saturated heterocycles. The average Bonchev–Trinajstić information content (AvgIpc) is 2.66. The maximum atomic E-state index is 12.9. The SMILES string of the molecule is CC(N)c1cn(-c2cccc(F)c2)nn1. The molecule has 1 unspecified atom stereocenters. The van der Waals surface area contributed by atoms with Gasteiger partial charge in [-0.3, -0.25) is 0 Å². The van der Waals surface area contributed by atoms with E-state index in [9.17, 15) is 4.39 Å². The molecule has 1 atom stereocenters. The van der Waals surface area contributed by atoms with Gasteiger partial charge < -0.3 is 5.73 Å². The van der Waals surface area contributed by atoms with Crippen LogP contribution in [-0.2, 0) is 0 Å². The molecule has 78 valence electrons. The molecule has 0 aliphatic carbocycles. The monoisotopic (exact) mass is 206 g/mol. The van der Waals surface area contributed by atoms with Crippen LogP contribution in [0.1, 0.15) is 18.7 Å². The van der Waals surface area contributed by atoms with Crippen LogP contribution in [-0.4, -0.2) is 15.0 Å². The van der Waals surface area contributed by atoms with Crippen molar-refractivity contribution in [3.63, 3.8) is 0 Å². The average molecular weight is 206 g/mol. The standard InChI is InChI=1S/C10H11FN4/c1-7(12)10-6-15(14-13-10)9-4-2-3-8(11)5-9/h2-7H,12H2,1H3. The van der Waals surface area contributed by atoms with Crippen molar-refractivity contribution in [3.8, 4) is 5.69 Å². The van der Waals surface area contributed by atoms with Gasteiger partial charge in [0.25, 0.3) is 0 Å². The molecule has 1 heterocycles. The molecule has 0 spiro atoms. The minimum Gasteiger partial charge on any atom is -0.323 e. The molecule has 0 radical (unpaired) electrons. The Balaban J connectivity index is 2.37. The van der Waals surface area contributed by atoms with Gasteiger partial charge in [0.05, 0.1) is 17.6 Å². The maximum Gasteiger partial charge on any atom is 0.125 e. The summed E-state index contributed by atoms with van der Waals surface area (Å²) in [6.45, 7) is 1.82. The summed E-state index contributed by atoms with van der Waals surface area (Å²) in [7, 11) is 0. The highest BCUT2D eigenvalue weighted by Crippen LogP contribution is 2.11. The predicted molar refractivity (Wildman–Crippen MR) is 53.9 cm³/mol. The molecule has 2 N–H and O–H groups in total. The van der Waals surface area contributed by atoms with Gasteiger partial charge in [0.2, 0.25) is 0 Å². The lowest BCUT2D eigenvalue weighted by Crippen LogP contribution is -2.04. The second-order valence-corrected chi connectivity index (χ2v) is 3.36. The number of nitrogens with zero attached hydrogens (tertiary/aromatic N) is 3. The van der Waals surface area contributed by atoms with Crippen molar-refractivity contribution in [1.29, 1.82) is 0 Å². The Hall–Kier alpha value is -1.75. The summed E-state index contributed by atoms with van der Waals surface area (Å²) in [6.07, 6.45) is 1.69. The van der Waals surface area contributed by atoms with Gasteiger partial charge in [0.1, 0.15) is 5.82 Å². The van der Waals surface area contributed by atoms with Crippen molar-refractivity contribution in [1.82, 2.24) is 15.0 Å². The van der Waals surface area contributed by atoms with Crippen molar-refractivity contribution in [2.75, 3.05) is 0 Å². The van der Waals surface area contributed by atoms with Gasteiger partial charge in [-0.25, -0.2) is 9.07 Å². The smallest absolute Gasteiger partial charge is 0.125 e. The summed E-state index contributed by atoms with van der Waals surface area (Å²) >= 11 is 0. The van der Waals surface area contributed by atoms with Crippen LogP contribution in [0.2, 0.25) is 0 Å². The lowest BCUT2D eigenvalue weighted by molar-refractivity contribution is 0.624. The number of nitrogens with two attached hydrogens (primary N) is 1. The number of halogens is 1. The molecule has 0 saturated carbocycles. The van der Waals surface area contributed by atoms with Crippen LogP contribution in [0.15, 0.2) is 30.5 Å². The molecular weight excluding hydrogens is 195 g/mol. The van der Waals surface area contributed by atoms with Crippen LogP contribution in [0.4, 0.5) is 4.39 Å². The highest BCUT2D eigenvalue weighted by atomic mass is 19.1. The first-order valence-corrected chi connectivity index (χ1v) is 4.60. The Bertz CT molecular complexity index is 464. The minimum atomic E-state index is -0.301. The van der Waals surface area contributed by atoms with Crippen LogP contribution in [0, 0.1) is 5.82 Å². The summed E-state index contributed by atoms with van der Waals surface area (Å²) in [6, 6.07) is 5.97. The molecule has 0 fully saturated rings. The molecule has 0 aliphatic heterocycles. The van der Waals surface area contributed by atoms with E-state index in [4.69, 9.17) is 5.73 Å². The zero-order valence-corrected chi connectivity index (χ0v) is 8.26. The molecule has 5 heteroatoms. The fraction of sp³-hybridized carbons (Fsp3) is 0.200. The normalized spacial score (nSPS) is 12.7. The van der Waals surface area contributed by atoms with Crippen molar-refractivity contribution in [2.24, 2.45) is 5.73 Å². The number of rotatable bonds is 2. The number of aromatic nitrogens is 3. The van der Waals surface area contributed by atoms with Crippen molar-refractivity contribution >= 4 is 0 Å². The van der Waals surface area contributed by atoms with E-state index in [0.717, 1.165) is 0 Å². The topological polar surface area (TPSA) is 56.7 Å². The second kappa shape index (κ2) is 3.78. The van der Waals surface area contributed by atoms with E-state index in [1.54, 1.807) is 18.3 Å². The molecule has 1 aromatic heterocycles. The lowest BCUT2D eigenvalue weighted by Gasteiger charge is -1.99. The van der Waals surface area contributed by atoms with E-state index in [0.29, 0.717) is 11.4 Å². The molecule has 15 heavy (non-hydrogen) atoms. The van der Waals surface area contributed by atoms with E-state index >= 15 is 0 Å². The van der Waals surface area contributed by atoms with Crippen molar-refractivity contribution < 1.29 is 4.39 Å². The van der Waals surface area contributed by atoms with E-state index < -0.39 is 0 Å². The Labute approximate surface area is 86.5 Å². The Morgan fingerprint density at radius 2 is 2.27 bits per heavy atom. The summed E-state index contributed by atoms with van der Waals surface area (Å²) < 4.78 is 14.4. The highest BCUT2D eigenvalue weighted by molar-refractivity contribution is 5.31. The van der Waals surface area contributed by atoms with Crippen molar-refractivity contribution in [3.05, 3.63) is 42.0 Å². The van der Waals surface area contributed by atoms with Crippen LogP contribution in [0.3, 0.4) is 0 Å². The van der Waals surface area contributed by atoms with E-state index in [2.05, 4.69) is 10.3 Å². The van der Waals surface area contributed by atoms with E-state index in [-0.39, 0.29) is 11.9 Å². The zero-order valence-electron chi connectivity index (χ0n) is 8.26. The van der Waals surface area contributed by atoms with Gasteiger partial charge in [0.15, 0.2) is 0 Å². The first kappa shape index (κ1) is 9.79. The summed E-state index contributed by atoms with van der Waals surface area (Å²) in [4.78, 5) is 0. The van der Waals surface area contributed by atoms with Crippen molar-refractivity contribution in [2.45, 2.75) is 13.0 Å². The third-order valence-electron chi connectivity index (χ3n) is 2.05. The van der Waals surface area contributed by atoms with E-state index in [1.807, 2.05) is 6.92 Å². The molecule has 2 rings (SSSR count).